The predicted molar refractivity (Wildman–Crippen MR) is 94.0 cm³/mol. The lowest BCUT2D eigenvalue weighted by Crippen LogP contribution is -2.44. The minimum atomic E-state index is -0.684. The van der Waals surface area contributed by atoms with E-state index in [9.17, 15) is 9.90 Å². The minimum absolute atomic E-state index is 0.105. The maximum absolute atomic E-state index is 12.6. The fourth-order valence-corrected chi connectivity index (χ4v) is 3.19. The Morgan fingerprint density at radius 2 is 2.00 bits per heavy atom. The third-order valence-electron chi connectivity index (χ3n) is 3.71. The van der Waals surface area contributed by atoms with Crippen molar-refractivity contribution in [2.24, 2.45) is 5.73 Å². The Balaban J connectivity index is 2.11. The van der Waals surface area contributed by atoms with Gasteiger partial charge in [0, 0.05) is 11.4 Å². The zero-order valence-electron chi connectivity index (χ0n) is 13.4. The Hall–Kier alpha value is -1.69. The molecule has 0 aliphatic carbocycles. The molecule has 3 N–H and O–H groups in total. The molecule has 0 bridgehead atoms. The van der Waals surface area contributed by atoms with Crippen LogP contribution in [0.1, 0.15) is 36.3 Å². The third-order valence-corrected chi connectivity index (χ3v) is 4.68. The van der Waals surface area contributed by atoms with Crippen molar-refractivity contribution >= 4 is 17.2 Å². The van der Waals surface area contributed by atoms with Crippen LogP contribution < -0.4 is 5.73 Å². The second-order valence-electron chi connectivity index (χ2n) is 5.63. The molecule has 2 rings (SSSR count). The zero-order valence-corrected chi connectivity index (χ0v) is 14.2. The maximum Gasteiger partial charge on any atom is 0.239 e. The maximum atomic E-state index is 12.6. The van der Waals surface area contributed by atoms with Crippen molar-refractivity contribution in [3.63, 3.8) is 0 Å². The number of amides is 1. The van der Waals surface area contributed by atoms with Crippen LogP contribution >= 0.6 is 11.3 Å². The minimum Gasteiger partial charge on any atom is -0.386 e. The van der Waals surface area contributed by atoms with Crippen molar-refractivity contribution in [3.8, 4) is 0 Å². The van der Waals surface area contributed by atoms with Gasteiger partial charge in [-0.05, 0) is 23.4 Å². The van der Waals surface area contributed by atoms with Crippen LogP contribution in [0.4, 0.5) is 0 Å². The lowest BCUT2D eigenvalue weighted by Gasteiger charge is -2.27. The van der Waals surface area contributed by atoms with Crippen LogP contribution in [-0.2, 0) is 11.3 Å². The van der Waals surface area contributed by atoms with Crippen LogP contribution in [0.5, 0.6) is 0 Å². The molecule has 0 fully saturated rings. The molecule has 0 aliphatic heterocycles. The van der Waals surface area contributed by atoms with E-state index in [0.29, 0.717) is 13.0 Å². The summed E-state index contributed by atoms with van der Waals surface area (Å²) in [5.41, 5.74) is 7.04. The number of rotatable bonds is 8. The van der Waals surface area contributed by atoms with Gasteiger partial charge in [0.1, 0.15) is 6.10 Å². The number of hydrogen-bond acceptors (Lipinski definition) is 4. The van der Waals surface area contributed by atoms with Gasteiger partial charge in [-0.15, -0.1) is 11.3 Å². The summed E-state index contributed by atoms with van der Waals surface area (Å²) >= 11 is 1.49. The molecule has 23 heavy (non-hydrogen) atoms. The van der Waals surface area contributed by atoms with E-state index in [-0.39, 0.29) is 12.5 Å². The average Bonchev–Trinajstić information content (AvgIpc) is 3.09. The second-order valence-corrected chi connectivity index (χ2v) is 6.61. The summed E-state index contributed by atoms with van der Waals surface area (Å²) in [6.45, 7) is 2.72. The van der Waals surface area contributed by atoms with E-state index in [1.165, 1.54) is 11.3 Å². The molecule has 0 spiro atoms. The highest BCUT2D eigenvalue weighted by Gasteiger charge is 2.23. The van der Waals surface area contributed by atoms with Gasteiger partial charge in [0.15, 0.2) is 0 Å². The monoisotopic (exact) mass is 332 g/mol. The lowest BCUT2D eigenvalue weighted by molar-refractivity contribution is -0.134. The lowest BCUT2D eigenvalue weighted by atomic mass is 10.1. The summed E-state index contributed by atoms with van der Waals surface area (Å²) in [5.74, 6) is -0.105. The van der Waals surface area contributed by atoms with Crippen LogP contribution in [0.3, 0.4) is 0 Å². The van der Waals surface area contributed by atoms with E-state index < -0.39 is 12.1 Å². The molecule has 1 aromatic heterocycles. The largest absolute Gasteiger partial charge is 0.386 e. The van der Waals surface area contributed by atoms with Crippen molar-refractivity contribution < 1.29 is 9.90 Å². The molecule has 2 atom stereocenters. The highest BCUT2D eigenvalue weighted by molar-refractivity contribution is 7.10. The van der Waals surface area contributed by atoms with E-state index in [0.717, 1.165) is 16.9 Å². The average molecular weight is 332 g/mol. The van der Waals surface area contributed by atoms with Gasteiger partial charge in [0.25, 0.3) is 0 Å². The summed E-state index contributed by atoms with van der Waals surface area (Å²) in [7, 11) is 0. The number of aliphatic hydroxyl groups excluding tert-OH is 1. The van der Waals surface area contributed by atoms with Crippen molar-refractivity contribution in [1.82, 2.24) is 4.90 Å². The highest BCUT2D eigenvalue weighted by Crippen LogP contribution is 2.21. The molecule has 0 saturated heterocycles. The topological polar surface area (TPSA) is 66.6 Å². The molecule has 4 nitrogen and oxygen atoms in total. The van der Waals surface area contributed by atoms with Crippen LogP contribution in [-0.4, -0.2) is 28.5 Å². The van der Waals surface area contributed by atoms with Gasteiger partial charge in [-0.2, -0.15) is 0 Å². The number of carbonyl (C=O) groups excluding carboxylic acids is 1. The first-order valence-corrected chi connectivity index (χ1v) is 8.79. The number of hydrogen-bond donors (Lipinski definition) is 2. The fourth-order valence-electron chi connectivity index (χ4n) is 2.48. The van der Waals surface area contributed by atoms with Gasteiger partial charge in [-0.3, -0.25) is 4.79 Å². The number of aliphatic hydroxyl groups is 1. The van der Waals surface area contributed by atoms with E-state index >= 15 is 0 Å². The first-order valence-electron chi connectivity index (χ1n) is 7.91. The number of benzene rings is 1. The molecule has 1 amide bonds. The Morgan fingerprint density at radius 1 is 1.26 bits per heavy atom. The van der Waals surface area contributed by atoms with Gasteiger partial charge in [0.2, 0.25) is 5.91 Å². The molecular weight excluding hydrogens is 308 g/mol. The first-order chi connectivity index (χ1) is 11.1. The summed E-state index contributed by atoms with van der Waals surface area (Å²) < 4.78 is 0. The van der Waals surface area contributed by atoms with Crippen molar-refractivity contribution in [1.29, 1.82) is 0 Å². The van der Waals surface area contributed by atoms with Gasteiger partial charge in [-0.1, -0.05) is 49.7 Å². The summed E-state index contributed by atoms with van der Waals surface area (Å²) in [4.78, 5) is 15.2. The van der Waals surface area contributed by atoms with Gasteiger partial charge < -0.3 is 15.7 Å². The first kappa shape index (κ1) is 17.7. The fraction of sp³-hybridized carbons (Fsp3) is 0.389. The Bertz CT molecular complexity index is 586. The summed E-state index contributed by atoms with van der Waals surface area (Å²) in [6.07, 6.45) is 0.829. The Labute approximate surface area is 141 Å². The Morgan fingerprint density at radius 3 is 2.61 bits per heavy atom. The second kappa shape index (κ2) is 8.82. The van der Waals surface area contributed by atoms with Gasteiger partial charge >= 0.3 is 0 Å². The van der Waals surface area contributed by atoms with Gasteiger partial charge in [-0.25, -0.2) is 0 Å². The van der Waals surface area contributed by atoms with Crippen LogP contribution in [0.15, 0.2) is 47.8 Å². The normalized spacial score (nSPS) is 13.5. The summed E-state index contributed by atoms with van der Waals surface area (Å²) in [6, 6.07) is 13.0. The number of nitrogens with zero attached hydrogens (tertiary/aromatic N) is 1. The zero-order chi connectivity index (χ0) is 16.7. The molecule has 1 heterocycles. The van der Waals surface area contributed by atoms with Gasteiger partial charge in [0.05, 0.1) is 12.6 Å². The predicted octanol–water partition coefficient (Wildman–Crippen LogP) is 2.94. The molecule has 2 unspecified atom stereocenters. The molecule has 124 valence electrons. The smallest absolute Gasteiger partial charge is 0.239 e. The molecule has 0 aliphatic rings. The van der Waals surface area contributed by atoms with E-state index in [1.807, 2.05) is 54.8 Å². The van der Waals surface area contributed by atoms with Crippen LogP contribution in [0.2, 0.25) is 0 Å². The molecule has 2 aromatic rings. The van der Waals surface area contributed by atoms with E-state index in [4.69, 9.17) is 5.73 Å². The number of carbonyl (C=O) groups is 1. The molecule has 0 radical (unpaired) electrons. The van der Waals surface area contributed by atoms with Crippen molar-refractivity contribution in [3.05, 3.63) is 58.3 Å². The molecule has 0 saturated carbocycles. The SMILES string of the molecule is CCCC(N)C(=O)N(Cc1ccccc1)CC(O)c1cccs1. The van der Waals surface area contributed by atoms with E-state index in [2.05, 4.69) is 0 Å². The molecule has 1 aromatic carbocycles. The highest BCUT2D eigenvalue weighted by atomic mass is 32.1. The summed E-state index contributed by atoms with van der Waals surface area (Å²) in [5, 5.41) is 12.3. The number of nitrogens with two attached hydrogens (primary N) is 1. The van der Waals surface area contributed by atoms with Crippen molar-refractivity contribution in [2.75, 3.05) is 6.54 Å². The Kier molecular flexibility index (Phi) is 6.77. The number of thiophene rings is 1. The quantitative estimate of drug-likeness (QED) is 0.781. The van der Waals surface area contributed by atoms with Crippen LogP contribution in [0.25, 0.3) is 0 Å². The molecule has 5 heteroatoms. The third kappa shape index (κ3) is 5.16. The van der Waals surface area contributed by atoms with E-state index in [1.54, 1.807) is 4.90 Å². The van der Waals surface area contributed by atoms with Crippen LogP contribution in [0, 0.1) is 0 Å². The molecular formula is C18H24N2O2S. The standard InChI is InChI=1S/C18H24N2O2S/c1-2-7-15(19)18(22)20(12-14-8-4-3-5-9-14)13-16(21)17-10-6-11-23-17/h3-6,8-11,15-16,21H,2,7,12-13,19H2,1H3. The van der Waals surface area contributed by atoms with Crippen molar-refractivity contribution in [2.45, 2.75) is 38.5 Å².